The summed E-state index contributed by atoms with van der Waals surface area (Å²) in [5.41, 5.74) is 1.99. The lowest BCUT2D eigenvalue weighted by atomic mass is 9.90. The fourth-order valence-corrected chi connectivity index (χ4v) is 2.50. The minimum atomic E-state index is -0.914. The summed E-state index contributed by atoms with van der Waals surface area (Å²) < 4.78 is 2.20. The molecule has 1 N–H and O–H groups in total. The van der Waals surface area contributed by atoms with Gasteiger partial charge in [0.1, 0.15) is 11.3 Å². The van der Waals surface area contributed by atoms with Gasteiger partial charge in [0.05, 0.1) is 11.1 Å². The van der Waals surface area contributed by atoms with Crippen LogP contribution in [0.25, 0.3) is 11.0 Å². The Kier molecular flexibility index (Phi) is 4.35. The second-order valence-corrected chi connectivity index (χ2v) is 6.36. The number of carboxylic acid groups (broad SMARTS) is 1. The minimum absolute atomic E-state index is 0.162. The van der Waals surface area contributed by atoms with E-state index in [-0.39, 0.29) is 11.0 Å². The highest BCUT2D eigenvalue weighted by atomic mass is 16.4. The first kappa shape index (κ1) is 15.5. The molecule has 1 heterocycles. The predicted octanol–water partition coefficient (Wildman–Crippen LogP) is 4.12. The fraction of sp³-hybridized carbons (Fsp3) is 0.529. The number of benzene rings is 1. The average Bonchev–Trinajstić information content (AvgIpc) is 2.76. The smallest absolute Gasteiger partial charge is 0.337 e. The van der Waals surface area contributed by atoms with E-state index in [0.717, 1.165) is 37.1 Å². The van der Waals surface area contributed by atoms with Gasteiger partial charge in [-0.3, -0.25) is 0 Å². The lowest BCUT2D eigenvalue weighted by molar-refractivity contribution is 0.0699. The number of rotatable bonds is 6. The minimum Gasteiger partial charge on any atom is -0.478 e. The van der Waals surface area contributed by atoms with Crippen molar-refractivity contribution in [3.63, 3.8) is 0 Å². The van der Waals surface area contributed by atoms with Gasteiger partial charge < -0.3 is 9.67 Å². The van der Waals surface area contributed by atoms with Crippen LogP contribution in [0.3, 0.4) is 0 Å². The van der Waals surface area contributed by atoms with Gasteiger partial charge in [-0.1, -0.05) is 33.8 Å². The van der Waals surface area contributed by atoms with E-state index in [1.807, 2.05) is 6.07 Å². The first-order valence-electron chi connectivity index (χ1n) is 7.61. The summed E-state index contributed by atoms with van der Waals surface area (Å²) in [6.45, 7) is 9.62. The van der Waals surface area contributed by atoms with Gasteiger partial charge in [0.25, 0.3) is 0 Å². The van der Waals surface area contributed by atoms with Crippen molar-refractivity contribution < 1.29 is 9.90 Å². The van der Waals surface area contributed by atoms with Crippen molar-refractivity contribution in [2.45, 2.75) is 53.5 Å². The molecule has 0 aliphatic rings. The van der Waals surface area contributed by atoms with Crippen LogP contribution in [0.5, 0.6) is 0 Å². The molecule has 0 radical (unpaired) electrons. The number of aromatic nitrogens is 2. The maximum Gasteiger partial charge on any atom is 0.337 e. The monoisotopic (exact) mass is 288 g/mol. The molecule has 21 heavy (non-hydrogen) atoms. The Hall–Kier alpha value is -1.84. The quantitative estimate of drug-likeness (QED) is 0.869. The van der Waals surface area contributed by atoms with E-state index in [1.54, 1.807) is 12.1 Å². The predicted molar refractivity (Wildman–Crippen MR) is 84.8 cm³/mol. The van der Waals surface area contributed by atoms with Crippen LogP contribution in [-0.2, 0) is 13.0 Å². The van der Waals surface area contributed by atoms with Gasteiger partial charge in [0.15, 0.2) is 0 Å². The zero-order valence-corrected chi connectivity index (χ0v) is 13.3. The zero-order chi connectivity index (χ0) is 15.6. The number of fused-ring (bicyclic) bond motifs is 1. The van der Waals surface area contributed by atoms with Crippen molar-refractivity contribution in [3.05, 3.63) is 29.6 Å². The summed E-state index contributed by atoms with van der Waals surface area (Å²) in [6, 6.07) is 5.40. The number of aromatic carboxylic acids is 1. The zero-order valence-electron chi connectivity index (χ0n) is 13.3. The number of hydrogen-bond acceptors (Lipinski definition) is 2. The second-order valence-electron chi connectivity index (χ2n) is 6.36. The summed E-state index contributed by atoms with van der Waals surface area (Å²) in [5, 5.41) is 9.34. The Labute approximate surface area is 125 Å². The van der Waals surface area contributed by atoms with Crippen molar-refractivity contribution >= 4 is 17.0 Å². The topological polar surface area (TPSA) is 55.1 Å². The van der Waals surface area contributed by atoms with Crippen molar-refractivity contribution in [2.24, 2.45) is 5.41 Å². The van der Waals surface area contributed by atoms with Crippen LogP contribution in [0.2, 0.25) is 0 Å². The average molecular weight is 288 g/mol. The summed E-state index contributed by atoms with van der Waals surface area (Å²) in [4.78, 5) is 16.0. The molecule has 0 amide bonds. The normalized spacial score (nSPS) is 12.0. The van der Waals surface area contributed by atoms with Gasteiger partial charge in [-0.05, 0) is 30.4 Å². The van der Waals surface area contributed by atoms with Crippen molar-refractivity contribution in [3.8, 4) is 0 Å². The lowest BCUT2D eigenvalue weighted by Crippen LogP contribution is -2.20. The first-order chi connectivity index (χ1) is 9.89. The number of imidazole rings is 1. The van der Waals surface area contributed by atoms with E-state index in [0.29, 0.717) is 5.52 Å². The molecule has 0 bridgehead atoms. The van der Waals surface area contributed by atoms with E-state index in [9.17, 15) is 9.90 Å². The summed E-state index contributed by atoms with van der Waals surface area (Å²) in [7, 11) is 0. The molecule has 114 valence electrons. The van der Waals surface area contributed by atoms with Crippen LogP contribution >= 0.6 is 0 Å². The third kappa shape index (κ3) is 3.09. The number of nitrogens with zero attached hydrogens (tertiary/aromatic N) is 2. The Morgan fingerprint density at radius 2 is 2.05 bits per heavy atom. The third-order valence-corrected chi connectivity index (χ3v) is 4.11. The molecule has 0 atom stereocenters. The number of aryl methyl sites for hydroxylation is 1. The van der Waals surface area contributed by atoms with Crippen LogP contribution in [0.15, 0.2) is 18.2 Å². The van der Waals surface area contributed by atoms with Crippen LogP contribution in [0, 0.1) is 5.41 Å². The number of para-hydroxylation sites is 1. The maximum absolute atomic E-state index is 11.4. The largest absolute Gasteiger partial charge is 0.478 e. The van der Waals surface area contributed by atoms with Crippen LogP contribution < -0.4 is 0 Å². The molecule has 0 fully saturated rings. The molecule has 4 heteroatoms. The van der Waals surface area contributed by atoms with Crippen LogP contribution in [0.4, 0.5) is 0 Å². The maximum atomic E-state index is 11.4. The Balaban J connectivity index is 2.63. The summed E-state index contributed by atoms with van der Waals surface area (Å²) >= 11 is 0. The molecule has 1 aromatic heterocycles. The van der Waals surface area contributed by atoms with Gasteiger partial charge in [-0.2, -0.15) is 0 Å². The van der Waals surface area contributed by atoms with Crippen LogP contribution in [0.1, 0.15) is 56.7 Å². The molecular weight excluding hydrogens is 264 g/mol. The number of carboxylic acids is 1. The summed E-state index contributed by atoms with van der Waals surface area (Å²) in [5.74, 6) is 0.0748. The molecule has 0 unspecified atom stereocenters. The molecule has 4 nitrogen and oxygen atoms in total. The highest BCUT2D eigenvalue weighted by Gasteiger charge is 2.22. The highest BCUT2D eigenvalue weighted by molar-refractivity contribution is 6.01. The first-order valence-corrected chi connectivity index (χ1v) is 7.61. The number of hydrogen-bond donors (Lipinski definition) is 1. The van der Waals surface area contributed by atoms with Crippen molar-refractivity contribution in [1.82, 2.24) is 9.55 Å². The summed E-state index contributed by atoms with van der Waals surface area (Å²) in [6.07, 6.45) is 2.93. The van der Waals surface area contributed by atoms with Gasteiger partial charge in [-0.15, -0.1) is 0 Å². The lowest BCUT2D eigenvalue weighted by Gasteiger charge is -2.24. The molecule has 1 aromatic carbocycles. The Morgan fingerprint density at radius 3 is 2.62 bits per heavy atom. The molecule has 0 aliphatic heterocycles. The van der Waals surface area contributed by atoms with Gasteiger partial charge in [-0.25, -0.2) is 9.78 Å². The highest BCUT2D eigenvalue weighted by Crippen LogP contribution is 2.28. The van der Waals surface area contributed by atoms with Crippen molar-refractivity contribution in [1.29, 1.82) is 0 Å². The van der Waals surface area contributed by atoms with E-state index in [4.69, 9.17) is 0 Å². The number of carbonyl (C=O) groups is 1. The fourth-order valence-electron chi connectivity index (χ4n) is 2.50. The van der Waals surface area contributed by atoms with E-state index in [2.05, 4.69) is 37.2 Å². The molecule has 0 saturated heterocycles. The third-order valence-electron chi connectivity index (χ3n) is 4.11. The van der Waals surface area contributed by atoms with Gasteiger partial charge in [0.2, 0.25) is 0 Å². The van der Waals surface area contributed by atoms with Gasteiger partial charge >= 0.3 is 5.97 Å². The molecule has 0 spiro atoms. The van der Waals surface area contributed by atoms with Gasteiger partial charge in [0, 0.05) is 13.0 Å². The standard InChI is InChI=1S/C17H24N2O2/c1-5-8-14-18-15-12(16(20)21)9-7-10-13(15)19(14)11-17(3,4)6-2/h7,9-10H,5-6,8,11H2,1-4H3,(H,20,21). The SMILES string of the molecule is CCCc1nc2c(C(=O)O)cccc2n1CC(C)(C)CC. The molecule has 0 aliphatic carbocycles. The Morgan fingerprint density at radius 1 is 1.33 bits per heavy atom. The van der Waals surface area contributed by atoms with Crippen LogP contribution in [-0.4, -0.2) is 20.6 Å². The van der Waals surface area contributed by atoms with E-state index < -0.39 is 5.97 Å². The Bertz CT molecular complexity index is 656. The van der Waals surface area contributed by atoms with E-state index in [1.165, 1.54) is 0 Å². The molecule has 2 aromatic rings. The van der Waals surface area contributed by atoms with E-state index >= 15 is 0 Å². The molecule has 2 rings (SSSR count). The molecule has 0 saturated carbocycles. The second kappa shape index (κ2) is 5.88. The molecular formula is C17H24N2O2. The van der Waals surface area contributed by atoms with Crippen molar-refractivity contribution in [2.75, 3.05) is 0 Å².